The van der Waals surface area contributed by atoms with Crippen molar-refractivity contribution in [2.45, 2.75) is 6.18 Å². The monoisotopic (exact) mass is 305 g/mol. The maximum atomic E-state index is 13.0. The Hall–Kier alpha value is -1.90. The molecule has 1 fully saturated rings. The van der Waals surface area contributed by atoms with Crippen LogP contribution in [-0.4, -0.2) is 23.0 Å². The lowest BCUT2D eigenvalue weighted by molar-refractivity contribution is -0.140. The molecule has 0 spiro atoms. The maximum absolute atomic E-state index is 13.0. The number of nitrogens with zero attached hydrogens (tertiary/aromatic N) is 2. The highest BCUT2D eigenvalue weighted by molar-refractivity contribution is 8.15. The van der Waals surface area contributed by atoms with Crippen molar-refractivity contribution >= 4 is 29.1 Å². The van der Waals surface area contributed by atoms with Gasteiger partial charge < -0.3 is 5.32 Å². The zero-order valence-electron chi connectivity index (χ0n) is 9.74. The van der Waals surface area contributed by atoms with Gasteiger partial charge in [0.2, 0.25) is 5.91 Å². The van der Waals surface area contributed by atoms with Crippen LogP contribution in [-0.2, 0) is 11.0 Å². The van der Waals surface area contributed by atoms with Crippen LogP contribution < -0.4 is 5.32 Å². The minimum absolute atomic E-state index is 0.0531. The van der Waals surface area contributed by atoms with Gasteiger partial charge in [-0.3, -0.25) is 4.79 Å². The highest BCUT2D eigenvalue weighted by Gasteiger charge is 2.34. The van der Waals surface area contributed by atoms with Crippen LogP contribution in [0.1, 0.15) is 11.1 Å². The Bertz CT molecular complexity index is 598. The standard InChI is InChI=1S/C11H7F4N3OS/c12-8-2-1-6(3-7(8)11(13,14)15)4-16-18-10-17-9(19)5-20-10/h1-4H,5H2,(H,17,18,19). The van der Waals surface area contributed by atoms with Crippen LogP contribution in [0.25, 0.3) is 0 Å². The molecule has 0 aliphatic carbocycles. The Morgan fingerprint density at radius 2 is 2.10 bits per heavy atom. The summed E-state index contributed by atoms with van der Waals surface area (Å²) in [6.07, 6.45) is -3.72. The highest BCUT2D eigenvalue weighted by atomic mass is 32.2. The minimum Gasteiger partial charge on any atom is -0.303 e. The summed E-state index contributed by atoms with van der Waals surface area (Å²) in [6, 6.07) is 2.50. The molecule has 0 radical (unpaired) electrons. The number of thioether (sulfide) groups is 1. The molecule has 1 aromatic carbocycles. The van der Waals surface area contributed by atoms with Gasteiger partial charge in [-0.1, -0.05) is 17.8 Å². The van der Waals surface area contributed by atoms with E-state index in [0.29, 0.717) is 12.1 Å². The van der Waals surface area contributed by atoms with Crippen molar-refractivity contribution in [3.8, 4) is 0 Å². The molecule has 0 saturated carbocycles. The molecule has 0 unspecified atom stereocenters. The molecule has 1 aromatic rings. The lowest BCUT2D eigenvalue weighted by Gasteiger charge is -2.07. The number of rotatable bonds is 2. The fraction of sp³-hybridized carbons (Fsp3) is 0.182. The van der Waals surface area contributed by atoms with Crippen molar-refractivity contribution in [3.63, 3.8) is 0 Å². The SMILES string of the molecule is O=C1CSC(=NN=Cc2ccc(F)c(C(F)(F)F)c2)N1. The molecule has 20 heavy (non-hydrogen) atoms. The molecule has 1 N–H and O–H groups in total. The summed E-state index contributed by atoms with van der Waals surface area (Å²) in [5, 5.41) is 9.85. The molecule has 106 valence electrons. The van der Waals surface area contributed by atoms with Crippen LogP contribution in [0.5, 0.6) is 0 Å². The molecule has 1 aliphatic heterocycles. The van der Waals surface area contributed by atoms with E-state index >= 15 is 0 Å². The maximum Gasteiger partial charge on any atom is 0.419 e. The van der Waals surface area contributed by atoms with Crippen molar-refractivity contribution < 1.29 is 22.4 Å². The van der Waals surface area contributed by atoms with E-state index < -0.39 is 17.6 Å². The number of amides is 1. The third-order valence-electron chi connectivity index (χ3n) is 2.24. The first-order valence-electron chi connectivity index (χ1n) is 5.26. The van der Waals surface area contributed by atoms with E-state index in [1.807, 2.05) is 0 Å². The zero-order chi connectivity index (χ0) is 14.8. The van der Waals surface area contributed by atoms with E-state index in [2.05, 4.69) is 15.5 Å². The fourth-order valence-electron chi connectivity index (χ4n) is 1.37. The first kappa shape index (κ1) is 14.5. The van der Waals surface area contributed by atoms with Crippen LogP contribution in [0.3, 0.4) is 0 Å². The second-order valence-electron chi connectivity index (χ2n) is 3.72. The number of benzene rings is 1. The molecule has 1 aliphatic rings. The predicted octanol–water partition coefficient (Wildman–Crippen LogP) is 2.40. The van der Waals surface area contributed by atoms with Crippen molar-refractivity contribution in [2.24, 2.45) is 10.2 Å². The van der Waals surface area contributed by atoms with Gasteiger partial charge in [-0.2, -0.15) is 18.3 Å². The molecule has 4 nitrogen and oxygen atoms in total. The lowest BCUT2D eigenvalue weighted by atomic mass is 10.1. The number of nitrogens with one attached hydrogen (secondary N) is 1. The topological polar surface area (TPSA) is 53.8 Å². The Kier molecular flexibility index (Phi) is 4.07. The third kappa shape index (κ3) is 3.56. The van der Waals surface area contributed by atoms with Crippen molar-refractivity contribution in [1.29, 1.82) is 0 Å². The number of hydrogen-bond acceptors (Lipinski definition) is 4. The van der Waals surface area contributed by atoms with Crippen molar-refractivity contribution in [3.05, 3.63) is 35.1 Å². The number of halogens is 4. The Balaban J connectivity index is 2.16. The fourth-order valence-corrected chi connectivity index (χ4v) is 2.00. The molecular formula is C11H7F4N3OS. The third-order valence-corrected chi connectivity index (χ3v) is 3.10. The quantitative estimate of drug-likeness (QED) is 0.518. The number of carbonyl (C=O) groups excluding carboxylic acids is 1. The lowest BCUT2D eigenvalue weighted by Crippen LogP contribution is -2.19. The summed E-state index contributed by atoms with van der Waals surface area (Å²) in [6.45, 7) is 0. The molecule has 1 saturated heterocycles. The van der Waals surface area contributed by atoms with Gasteiger partial charge in [0.1, 0.15) is 5.82 Å². The van der Waals surface area contributed by atoms with Gasteiger partial charge >= 0.3 is 6.18 Å². The molecular weight excluding hydrogens is 298 g/mol. The van der Waals surface area contributed by atoms with E-state index in [1.165, 1.54) is 0 Å². The second-order valence-corrected chi connectivity index (χ2v) is 4.69. The molecule has 0 bridgehead atoms. The van der Waals surface area contributed by atoms with Crippen LogP contribution in [0.2, 0.25) is 0 Å². The largest absolute Gasteiger partial charge is 0.419 e. The predicted molar refractivity (Wildman–Crippen MR) is 67.0 cm³/mol. The van der Waals surface area contributed by atoms with E-state index in [-0.39, 0.29) is 22.4 Å². The van der Waals surface area contributed by atoms with Crippen molar-refractivity contribution in [1.82, 2.24) is 5.32 Å². The normalized spacial score (nSPS) is 18.0. The first-order chi connectivity index (χ1) is 9.36. The smallest absolute Gasteiger partial charge is 0.303 e. The zero-order valence-corrected chi connectivity index (χ0v) is 10.6. The Morgan fingerprint density at radius 1 is 1.35 bits per heavy atom. The van der Waals surface area contributed by atoms with Crippen molar-refractivity contribution in [2.75, 3.05) is 5.75 Å². The van der Waals surface area contributed by atoms with Gasteiger partial charge in [-0.05, 0) is 17.7 Å². The summed E-state index contributed by atoms with van der Waals surface area (Å²) >= 11 is 1.13. The average Bonchev–Trinajstić information content (AvgIpc) is 2.76. The Labute approximate surface area is 115 Å². The molecule has 0 aromatic heterocycles. The molecule has 9 heteroatoms. The van der Waals surface area contributed by atoms with Crippen LogP contribution in [0.4, 0.5) is 17.6 Å². The number of alkyl halides is 3. The van der Waals surface area contributed by atoms with Gasteiger partial charge in [-0.25, -0.2) is 4.39 Å². The summed E-state index contributed by atoms with van der Waals surface area (Å²) in [5.74, 6) is -1.34. The molecule has 0 atom stereocenters. The summed E-state index contributed by atoms with van der Waals surface area (Å²) in [4.78, 5) is 10.8. The average molecular weight is 305 g/mol. The van der Waals surface area contributed by atoms with Crippen LogP contribution in [0.15, 0.2) is 28.4 Å². The van der Waals surface area contributed by atoms with E-state index in [4.69, 9.17) is 0 Å². The van der Waals surface area contributed by atoms with Gasteiger partial charge in [0.05, 0.1) is 17.5 Å². The Morgan fingerprint density at radius 3 is 2.70 bits per heavy atom. The second kappa shape index (κ2) is 5.61. The van der Waals surface area contributed by atoms with Crippen LogP contribution in [0, 0.1) is 5.82 Å². The minimum atomic E-state index is -4.77. The summed E-state index contributed by atoms with van der Waals surface area (Å²) in [5.41, 5.74) is -1.31. The number of hydrogen-bond donors (Lipinski definition) is 1. The molecule has 1 heterocycles. The van der Waals surface area contributed by atoms with Gasteiger partial charge in [0.25, 0.3) is 0 Å². The van der Waals surface area contributed by atoms with Crippen LogP contribution >= 0.6 is 11.8 Å². The number of amidine groups is 1. The van der Waals surface area contributed by atoms with Gasteiger partial charge in [0.15, 0.2) is 5.17 Å². The first-order valence-corrected chi connectivity index (χ1v) is 6.25. The van der Waals surface area contributed by atoms with E-state index in [0.717, 1.165) is 24.0 Å². The summed E-state index contributed by atoms with van der Waals surface area (Å²) in [7, 11) is 0. The molecule has 1 amide bonds. The van der Waals surface area contributed by atoms with Gasteiger partial charge in [0, 0.05) is 0 Å². The van der Waals surface area contributed by atoms with E-state index in [1.54, 1.807) is 0 Å². The van der Waals surface area contributed by atoms with Gasteiger partial charge in [-0.15, -0.1) is 5.10 Å². The van der Waals surface area contributed by atoms with E-state index in [9.17, 15) is 22.4 Å². The highest BCUT2D eigenvalue weighted by Crippen LogP contribution is 2.31. The molecule has 2 rings (SSSR count). The number of carbonyl (C=O) groups is 1. The summed E-state index contributed by atoms with van der Waals surface area (Å²) < 4.78 is 50.5.